The Morgan fingerprint density at radius 1 is 1.19 bits per heavy atom. The Morgan fingerprint density at radius 2 is 1.94 bits per heavy atom. The molecule has 16 heavy (non-hydrogen) atoms. The Kier molecular flexibility index (Phi) is 4.46. The third kappa shape index (κ3) is 3.67. The molecule has 0 aromatic carbocycles. The highest BCUT2D eigenvalue weighted by atomic mass is 16.3. The molecule has 1 heterocycles. The Labute approximate surface area is 98.4 Å². The predicted molar refractivity (Wildman–Crippen MR) is 66.3 cm³/mol. The molecule has 90 valence electrons. The zero-order valence-electron chi connectivity index (χ0n) is 10.3. The molecule has 0 unspecified atom stereocenters. The third-order valence-corrected chi connectivity index (χ3v) is 3.50. The molecule has 2 heteroatoms. The van der Waals surface area contributed by atoms with Gasteiger partial charge in [-0.15, -0.1) is 0 Å². The minimum atomic E-state index is 0.879. The molecule has 1 aliphatic rings. The van der Waals surface area contributed by atoms with E-state index in [-0.39, 0.29) is 0 Å². The van der Waals surface area contributed by atoms with Crippen molar-refractivity contribution in [2.45, 2.75) is 52.0 Å². The summed E-state index contributed by atoms with van der Waals surface area (Å²) in [5.41, 5.74) is 0. The number of aryl methyl sites for hydroxylation is 1. The number of hydrogen-bond donors (Lipinski definition) is 1. The van der Waals surface area contributed by atoms with Gasteiger partial charge in [0.1, 0.15) is 11.5 Å². The van der Waals surface area contributed by atoms with Gasteiger partial charge >= 0.3 is 0 Å². The predicted octanol–water partition coefficient (Wildman–Crippen LogP) is 3.65. The van der Waals surface area contributed by atoms with Gasteiger partial charge in [0.25, 0.3) is 0 Å². The summed E-state index contributed by atoms with van der Waals surface area (Å²) in [6.07, 6.45) is 8.54. The van der Waals surface area contributed by atoms with Gasteiger partial charge in [0.15, 0.2) is 0 Å². The van der Waals surface area contributed by atoms with Gasteiger partial charge in [0.2, 0.25) is 0 Å². The normalized spacial score (nSPS) is 18.6. The van der Waals surface area contributed by atoms with E-state index < -0.39 is 0 Å². The molecule has 0 atom stereocenters. The van der Waals surface area contributed by atoms with Gasteiger partial charge in [-0.25, -0.2) is 0 Å². The molecule has 0 amide bonds. The fourth-order valence-electron chi connectivity index (χ4n) is 2.55. The van der Waals surface area contributed by atoms with Crippen LogP contribution in [0.2, 0.25) is 0 Å². The molecule has 1 aliphatic carbocycles. The molecule has 1 aromatic heterocycles. The van der Waals surface area contributed by atoms with E-state index in [0.29, 0.717) is 0 Å². The molecule has 0 spiro atoms. The van der Waals surface area contributed by atoms with Crippen LogP contribution in [-0.2, 0) is 6.54 Å². The summed E-state index contributed by atoms with van der Waals surface area (Å²) in [6, 6.07) is 4.10. The second-order valence-electron chi connectivity index (χ2n) is 5.00. The van der Waals surface area contributed by atoms with Crippen LogP contribution in [0.4, 0.5) is 0 Å². The van der Waals surface area contributed by atoms with Gasteiger partial charge in [-0.1, -0.05) is 25.7 Å². The fourth-order valence-corrected chi connectivity index (χ4v) is 2.55. The first kappa shape index (κ1) is 11.7. The summed E-state index contributed by atoms with van der Waals surface area (Å²) in [4.78, 5) is 0. The molecule has 1 aromatic rings. The molecule has 2 nitrogen and oxygen atoms in total. The van der Waals surface area contributed by atoms with Crippen molar-refractivity contribution >= 4 is 0 Å². The highest BCUT2D eigenvalue weighted by molar-refractivity contribution is 5.05. The van der Waals surface area contributed by atoms with Crippen molar-refractivity contribution in [3.63, 3.8) is 0 Å². The van der Waals surface area contributed by atoms with Crippen LogP contribution in [0.3, 0.4) is 0 Å². The van der Waals surface area contributed by atoms with Crippen molar-refractivity contribution in [2.75, 3.05) is 6.54 Å². The van der Waals surface area contributed by atoms with Crippen LogP contribution in [0.25, 0.3) is 0 Å². The van der Waals surface area contributed by atoms with Crippen LogP contribution in [0, 0.1) is 12.8 Å². The van der Waals surface area contributed by atoms with Gasteiger partial charge in [-0.3, -0.25) is 0 Å². The second kappa shape index (κ2) is 6.09. The Hall–Kier alpha value is -0.760. The Morgan fingerprint density at radius 3 is 2.56 bits per heavy atom. The van der Waals surface area contributed by atoms with Crippen molar-refractivity contribution in [1.82, 2.24) is 5.32 Å². The lowest BCUT2D eigenvalue weighted by atomic mass is 10.0. The van der Waals surface area contributed by atoms with Crippen LogP contribution in [0.1, 0.15) is 50.0 Å². The van der Waals surface area contributed by atoms with Crippen molar-refractivity contribution in [3.8, 4) is 0 Å². The SMILES string of the molecule is Cc1ccc(CNCC2CCCCCC2)o1. The summed E-state index contributed by atoms with van der Waals surface area (Å²) in [5, 5.41) is 3.52. The van der Waals surface area contributed by atoms with E-state index in [1.54, 1.807) is 0 Å². The van der Waals surface area contributed by atoms with Crippen LogP contribution >= 0.6 is 0 Å². The van der Waals surface area contributed by atoms with Crippen LogP contribution < -0.4 is 5.32 Å². The molecule has 1 fully saturated rings. The summed E-state index contributed by atoms with van der Waals surface area (Å²) < 4.78 is 5.54. The first-order valence-electron chi connectivity index (χ1n) is 6.60. The molecule has 0 saturated heterocycles. The average Bonchev–Trinajstić information content (AvgIpc) is 2.54. The minimum absolute atomic E-state index is 0.879. The highest BCUT2D eigenvalue weighted by Crippen LogP contribution is 2.22. The maximum absolute atomic E-state index is 5.54. The molecule has 0 aliphatic heterocycles. The van der Waals surface area contributed by atoms with Gasteiger partial charge < -0.3 is 9.73 Å². The number of rotatable bonds is 4. The zero-order valence-corrected chi connectivity index (χ0v) is 10.3. The second-order valence-corrected chi connectivity index (χ2v) is 5.00. The molecule has 1 saturated carbocycles. The van der Waals surface area contributed by atoms with E-state index in [2.05, 4.69) is 11.4 Å². The van der Waals surface area contributed by atoms with Crippen LogP contribution in [0.15, 0.2) is 16.5 Å². The standard InChI is InChI=1S/C14H23NO/c1-12-8-9-14(16-12)11-15-10-13-6-4-2-3-5-7-13/h8-9,13,15H,2-7,10-11H2,1H3. The molecular weight excluding hydrogens is 198 g/mol. The molecule has 0 bridgehead atoms. The van der Waals surface area contributed by atoms with Crippen LogP contribution in [0.5, 0.6) is 0 Å². The van der Waals surface area contributed by atoms with E-state index in [0.717, 1.165) is 30.5 Å². The maximum Gasteiger partial charge on any atom is 0.117 e. The van der Waals surface area contributed by atoms with Gasteiger partial charge in [-0.2, -0.15) is 0 Å². The summed E-state index contributed by atoms with van der Waals surface area (Å²) in [6.45, 7) is 4.03. The topological polar surface area (TPSA) is 25.2 Å². The fraction of sp³-hybridized carbons (Fsp3) is 0.714. The molecule has 0 radical (unpaired) electrons. The molecule has 1 N–H and O–H groups in total. The highest BCUT2D eigenvalue weighted by Gasteiger charge is 2.11. The smallest absolute Gasteiger partial charge is 0.117 e. The zero-order chi connectivity index (χ0) is 11.2. The van der Waals surface area contributed by atoms with E-state index in [1.165, 1.54) is 38.5 Å². The minimum Gasteiger partial charge on any atom is -0.465 e. The van der Waals surface area contributed by atoms with Crippen molar-refractivity contribution in [1.29, 1.82) is 0 Å². The van der Waals surface area contributed by atoms with Crippen molar-refractivity contribution < 1.29 is 4.42 Å². The molecule has 2 rings (SSSR count). The number of furan rings is 1. The van der Waals surface area contributed by atoms with Crippen molar-refractivity contribution in [3.05, 3.63) is 23.7 Å². The largest absolute Gasteiger partial charge is 0.465 e. The Bertz CT molecular complexity index is 297. The number of nitrogens with one attached hydrogen (secondary N) is 1. The van der Waals surface area contributed by atoms with Gasteiger partial charge in [0.05, 0.1) is 6.54 Å². The first-order chi connectivity index (χ1) is 7.84. The lowest BCUT2D eigenvalue weighted by molar-refractivity contribution is 0.402. The van der Waals surface area contributed by atoms with E-state index in [9.17, 15) is 0 Å². The maximum atomic E-state index is 5.54. The van der Waals surface area contributed by atoms with E-state index in [1.807, 2.05) is 13.0 Å². The van der Waals surface area contributed by atoms with E-state index >= 15 is 0 Å². The monoisotopic (exact) mass is 221 g/mol. The lowest BCUT2D eigenvalue weighted by Crippen LogP contribution is -2.21. The third-order valence-electron chi connectivity index (χ3n) is 3.50. The average molecular weight is 221 g/mol. The van der Waals surface area contributed by atoms with Crippen molar-refractivity contribution in [2.24, 2.45) is 5.92 Å². The summed E-state index contributed by atoms with van der Waals surface area (Å²) >= 11 is 0. The first-order valence-corrected chi connectivity index (χ1v) is 6.60. The quantitative estimate of drug-likeness (QED) is 0.785. The lowest BCUT2D eigenvalue weighted by Gasteiger charge is -2.13. The van der Waals surface area contributed by atoms with Crippen LogP contribution in [-0.4, -0.2) is 6.54 Å². The van der Waals surface area contributed by atoms with E-state index in [4.69, 9.17) is 4.42 Å². The van der Waals surface area contributed by atoms with Gasteiger partial charge in [-0.05, 0) is 44.4 Å². The number of hydrogen-bond acceptors (Lipinski definition) is 2. The molecular formula is C14H23NO. The Balaban J connectivity index is 1.67. The summed E-state index contributed by atoms with van der Waals surface area (Å²) in [7, 11) is 0. The van der Waals surface area contributed by atoms with Gasteiger partial charge in [0, 0.05) is 0 Å². The summed E-state index contributed by atoms with van der Waals surface area (Å²) in [5.74, 6) is 2.95.